The number of rotatable bonds is 9. The largest absolute Gasteiger partial charge is 0.483 e. The first-order valence-corrected chi connectivity index (χ1v) is 9.85. The molecule has 0 heterocycles. The molecule has 0 radical (unpaired) electrons. The van der Waals surface area contributed by atoms with Gasteiger partial charge in [-0.1, -0.05) is 42.5 Å². The fourth-order valence-electron chi connectivity index (χ4n) is 2.92. The number of carbonyl (C=O) groups is 2. The van der Waals surface area contributed by atoms with Crippen LogP contribution in [-0.4, -0.2) is 38.6 Å². The van der Waals surface area contributed by atoms with Gasteiger partial charge in [-0.2, -0.15) is 0 Å². The second kappa shape index (κ2) is 10.8. The van der Waals surface area contributed by atoms with Crippen molar-refractivity contribution in [3.63, 3.8) is 0 Å². The van der Waals surface area contributed by atoms with Crippen LogP contribution >= 0.6 is 0 Å². The van der Waals surface area contributed by atoms with Crippen molar-refractivity contribution >= 4 is 23.2 Å². The van der Waals surface area contributed by atoms with Crippen molar-refractivity contribution in [2.45, 2.75) is 0 Å². The Balaban J connectivity index is 1.52. The minimum absolute atomic E-state index is 0.0738. The van der Waals surface area contributed by atoms with Crippen molar-refractivity contribution in [1.82, 2.24) is 5.32 Å². The van der Waals surface area contributed by atoms with Crippen LogP contribution in [0.4, 0.5) is 15.8 Å². The molecule has 0 aliphatic rings. The topological polar surface area (TPSA) is 70.7 Å². The van der Waals surface area contributed by atoms with Crippen LogP contribution in [-0.2, 0) is 4.79 Å². The van der Waals surface area contributed by atoms with Crippen molar-refractivity contribution in [3.8, 4) is 5.75 Å². The van der Waals surface area contributed by atoms with E-state index in [1.165, 1.54) is 18.2 Å². The maximum absolute atomic E-state index is 13.7. The average Bonchev–Trinajstić information content (AvgIpc) is 2.80. The molecule has 3 aromatic carbocycles. The van der Waals surface area contributed by atoms with Gasteiger partial charge in [0.25, 0.3) is 11.8 Å². The Bertz CT molecular complexity index is 1030. The number of amides is 2. The third-order valence-electron chi connectivity index (χ3n) is 4.57. The Hall–Kier alpha value is -3.87. The van der Waals surface area contributed by atoms with Crippen LogP contribution in [0.25, 0.3) is 0 Å². The molecule has 3 aromatic rings. The summed E-state index contributed by atoms with van der Waals surface area (Å²) < 4.78 is 19.2. The minimum atomic E-state index is -0.531. The zero-order chi connectivity index (χ0) is 22.1. The number of carbonyl (C=O) groups excluding carboxylic acids is 2. The normalized spacial score (nSPS) is 10.3. The second-order valence-electron chi connectivity index (χ2n) is 6.83. The molecule has 7 heteroatoms. The average molecular weight is 421 g/mol. The molecule has 0 saturated carbocycles. The zero-order valence-electron chi connectivity index (χ0n) is 17.2. The molecule has 0 spiro atoms. The first kappa shape index (κ1) is 21.8. The van der Waals surface area contributed by atoms with Gasteiger partial charge < -0.3 is 20.3 Å². The van der Waals surface area contributed by atoms with Crippen molar-refractivity contribution in [1.29, 1.82) is 0 Å². The van der Waals surface area contributed by atoms with Crippen molar-refractivity contribution in [2.24, 2.45) is 0 Å². The molecule has 0 aromatic heterocycles. The van der Waals surface area contributed by atoms with Gasteiger partial charge in [-0.25, -0.2) is 4.39 Å². The molecule has 0 aliphatic carbocycles. The molecule has 160 valence electrons. The predicted molar refractivity (Wildman–Crippen MR) is 119 cm³/mol. The van der Waals surface area contributed by atoms with E-state index in [2.05, 4.69) is 10.6 Å². The zero-order valence-corrected chi connectivity index (χ0v) is 17.2. The number of hydrogen-bond acceptors (Lipinski definition) is 4. The lowest BCUT2D eigenvalue weighted by Gasteiger charge is -2.19. The van der Waals surface area contributed by atoms with E-state index >= 15 is 0 Å². The highest BCUT2D eigenvalue weighted by Crippen LogP contribution is 2.18. The van der Waals surface area contributed by atoms with Gasteiger partial charge in [0.15, 0.2) is 6.61 Å². The van der Waals surface area contributed by atoms with E-state index in [0.29, 0.717) is 18.7 Å². The van der Waals surface area contributed by atoms with E-state index in [4.69, 9.17) is 4.74 Å². The monoisotopic (exact) mass is 421 g/mol. The number of likely N-dealkylation sites (N-methyl/N-ethyl adjacent to an activating group) is 1. The second-order valence-corrected chi connectivity index (χ2v) is 6.83. The molecule has 3 rings (SSSR count). The fraction of sp³-hybridized carbons (Fsp3) is 0.167. The SMILES string of the molecule is CN(CCNC(=O)c1ccccc1OCC(=O)Nc1ccccc1F)c1ccccc1. The molecular weight excluding hydrogens is 397 g/mol. The van der Waals surface area contributed by atoms with Crippen LogP contribution in [0.15, 0.2) is 78.9 Å². The van der Waals surface area contributed by atoms with Crippen LogP contribution < -0.4 is 20.3 Å². The Morgan fingerprint density at radius 2 is 1.61 bits per heavy atom. The lowest BCUT2D eigenvalue weighted by Crippen LogP contribution is -2.33. The Kier molecular flexibility index (Phi) is 7.59. The molecule has 0 fully saturated rings. The first-order chi connectivity index (χ1) is 15.0. The minimum Gasteiger partial charge on any atom is -0.483 e. The number of benzene rings is 3. The van der Waals surface area contributed by atoms with Gasteiger partial charge in [0.2, 0.25) is 0 Å². The molecule has 6 nitrogen and oxygen atoms in total. The standard InChI is InChI=1S/C24H24FN3O3/c1-28(18-9-3-2-4-10-18)16-15-26-24(30)19-11-5-8-14-22(19)31-17-23(29)27-21-13-7-6-12-20(21)25/h2-14H,15-17H2,1H3,(H,26,30)(H,27,29). The Morgan fingerprint density at radius 3 is 2.39 bits per heavy atom. The third-order valence-corrected chi connectivity index (χ3v) is 4.57. The fourth-order valence-corrected chi connectivity index (χ4v) is 2.92. The smallest absolute Gasteiger partial charge is 0.262 e. The van der Waals surface area contributed by atoms with Gasteiger partial charge in [0.05, 0.1) is 11.3 Å². The summed E-state index contributed by atoms with van der Waals surface area (Å²) in [5, 5.41) is 5.31. The van der Waals surface area contributed by atoms with Gasteiger partial charge in [-0.15, -0.1) is 0 Å². The van der Waals surface area contributed by atoms with E-state index in [1.807, 2.05) is 42.3 Å². The number of hydrogen-bond donors (Lipinski definition) is 2. The third kappa shape index (κ3) is 6.30. The van der Waals surface area contributed by atoms with E-state index < -0.39 is 11.7 Å². The lowest BCUT2D eigenvalue weighted by molar-refractivity contribution is -0.118. The highest BCUT2D eigenvalue weighted by molar-refractivity contribution is 5.97. The molecule has 0 unspecified atom stereocenters. The van der Waals surface area contributed by atoms with Crippen LogP contribution in [0.1, 0.15) is 10.4 Å². The van der Waals surface area contributed by atoms with Gasteiger partial charge >= 0.3 is 0 Å². The summed E-state index contributed by atoms with van der Waals surface area (Å²) in [5.41, 5.74) is 1.45. The maximum atomic E-state index is 13.7. The van der Waals surface area contributed by atoms with Gasteiger partial charge in [-0.3, -0.25) is 9.59 Å². The van der Waals surface area contributed by atoms with E-state index in [9.17, 15) is 14.0 Å². The number of anilines is 2. The van der Waals surface area contributed by atoms with Crippen LogP contribution in [0.3, 0.4) is 0 Å². The van der Waals surface area contributed by atoms with Gasteiger partial charge in [0, 0.05) is 25.8 Å². The van der Waals surface area contributed by atoms with E-state index in [-0.39, 0.29) is 24.0 Å². The van der Waals surface area contributed by atoms with E-state index in [1.54, 1.807) is 30.3 Å². The molecule has 31 heavy (non-hydrogen) atoms. The van der Waals surface area contributed by atoms with Gasteiger partial charge in [-0.05, 0) is 36.4 Å². The molecular formula is C24H24FN3O3. The summed E-state index contributed by atoms with van der Waals surface area (Å²) in [7, 11) is 1.95. The van der Waals surface area contributed by atoms with Gasteiger partial charge in [0.1, 0.15) is 11.6 Å². The van der Waals surface area contributed by atoms with Crippen molar-refractivity contribution in [2.75, 3.05) is 37.0 Å². The van der Waals surface area contributed by atoms with Crippen molar-refractivity contribution in [3.05, 3.63) is 90.2 Å². The molecule has 0 saturated heterocycles. The number of para-hydroxylation sites is 3. The Labute approximate surface area is 180 Å². The van der Waals surface area contributed by atoms with E-state index in [0.717, 1.165) is 5.69 Å². The van der Waals surface area contributed by atoms with Crippen LogP contribution in [0.2, 0.25) is 0 Å². The Morgan fingerprint density at radius 1 is 0.935 bits per heavy atom. The summed E-state index contributed by atoms with van der Waals surface area (Å²) in [6, 6.07) is 22.4. The molecule has 0 atom stereocenters. The summed E-state index contributed by atoms with van der Waals surface area (Å²) in [5.74, 6) is -1.08. The molecule has 2 amide bonds. The number of halogens is 1. The molecule has 2 N–H and O–H groups in total. The summed E-state index contributed by atoms with van der Waals surface area (Å²) in [6.45, 7) is 0.714. The van der Waals surface area contributed by atoms with Crippen molar-refractivity contribution < 1.29 is 18.7 Å². The summed E-state index contributed by atoms with van der Waals surface area (Å²) >= 11 is 0. The predicted octanol–water partition coefficient (Wildman–Crippen LogP) is 3.71. The summed E-state index contributed by atoms with van der Waals surface area (Å²) in [6.07, 6.45) is 0. The van der Waals surface area contributed by atoms with Crippen LogP contribution in [0, 0.1) is 5.82 Å². The highest BCUT2D eigenvalue weighted by atomic mass is 19.1. The first-order valence-electron chi connectivity index (χ1n) is 9.85. The number of nitrogens with one attached hydrogen (secondary N) is 2. The summed E-state index contributed by atoms with van der Waals surface area (Å²) in [4.78, 5) is 26.7. The number of nitrogens with zero attached hydrogens (tertiary/aromatic N) is 1. The molecule has 0 aliphatic heterocycles. The maximum Gasteiger partial charge on any atom is 0.262 e. The van der Waals surface area contributed by atoms with Crippen LogP contribution in [0.5, 0.6) is 5.75 Å². The highest BCUT2D eigenvalue weighted by Gasteiger charge is 2.14. The molecule has 0 bridgehead atoms. The quantitative estimate of drug-likeness (QED) is 0.553. The lowest BCUT2D eigenvalue weighted by atomic mass is 10.2. The number of ether oxygens (including phenoxy) is 1.